The number of amides is 2. The number of nitrogens with zero attached hydrogens (tertiary/aromatic N) is 1. The molecule has 0 saturated carbocycles. The Kier molecular flexibility index (Phi) is 4.98. The van der Waals surface area contributed by atoms with Gasteiger partial charge in [0, 0.05) is 18.1 Å². The van der Waals surface area contributed by atoms with Crippen molar-refractivity contribution in [2.75, 3.05) is 11.9 Å². The minimum absolute atomic E-state index is 0.225. The highest BCUT2D eigenvalue weighted by molar-refractivity contribution is 5.99. The molecule has 0 atom stereocenters. The van der Waals surface area contributed by atoms with Gasteiger partial charge in [0.1, 0.15) is 0 Å². The molecule has 0 spiro atoms. The Morgan fingerprint density at radius 1 is 1.32 bits per heavy atom. The molecule has 0 saturated heterocycles. The van der Waals surface area contributed by atoms with E-state index >= 15 is 0 Å². The number of aryl methyl sites for hydroxylation is 1. The molecule has 2 rings (SSSR count). The first kappa shape index (κ1) is 16.2. The average molecular weight is 301 g/mol. The molecule has 0 aliphatic heterocycles. The molecule has 5 nitrogen and oxygen atoms in total. The van der Waals surface area contributed by atoms with Crippen molar-refractivity contribution in [3.63, 3.8) is 0 Å². The lowest BCUT2D eigenvalue weighted by Gasteiger charge is -2.25. The summed E-state index contributed by atoms with van der Waals surface area (Å²) in [6.07, 6.45) is 2.89. The largest absolute Gasteiger partial charge is 0.388 e. The van der Waals surface area contributed by atoms with Crippen LogP contribution in [0.2, 0.25) is 0 Å². The molecular formula is C17H23N3O2. The maximum Gasteiger partial charge on any atom is 0.319 e. The molecule has 2 aromatic rings. The fourth-order valence-corrected chi connectivity index (χ4v) is 2.35. The summed E-state index contributed by atoms with van der Waals surface area (Å²) in [5, 5.41) is 16.7. The molecule has 2 amide bonds. The Morgan fingerprint density at radius 3 is 2.73 bits per heavy atom. The number of fused-ring (bicyclic) bond motifs is 1. The van der Waals surface area contributed by atoms with Crippen molar-refractivity contribution in [1.29, 1.82) is 0 Å². The molecule has 0 bridgehead atoms. The van der Waals surface area contributed by atoms with Gasteiger partial charge in [0.2, 0.25) is 0 Å². The molecule has 1 heterocycles. The van der Waals surface area contributed by atoms with Crippen molar-refractivity contribution in [3.8, 4) is 0 Å². The van der Waals surface area contributed by atoms with Gasteiger partial charge in [-0.25, -0.2) is 4.79 Å². The molecule has 5 heteroatoms. The van der Waals surface area contributed by atoms with E-state index in [2.05, 4.69) is 15.6 Å². The van der Waals surface area contributed by atoms with E-state index in [-0.39, 0.29) is 12.6 Å². The number of rotatable bonds is 5. The van der Waals surface area contributed by atoms with E-state index in [0.717, 1.165) is 16.5 Å². The van der Waals surface area contributed by atoms with Crippen molar-refractivity contribution >= 4 is 22.6 Å². The Bertz CT molecular complexity index is 666. The van der Waals surface area contributed by atoms with E-state index < -0.39 is 5.60 Å². The third kappa shape index (κ3) is 3.74. The summed E-state index contributed by atoms with van der Waals surface area (Å²) in [5.74, 6) is 0. The van der Waals surface area contributed by atoms with Gasteiger partial charge in [0.05, 0.1) is 16.8 Å². The van der Waals surface area contributed by atoms with Gasteiger partial charge in [-0.3, -0.25) is 4.98 Å². The van der Waals surface area contributed by atoms with Crippen LogP contribution in [0.25, 0.3) is 10.9 Å². The Hall–Kier alpha value is -2.14. The van der Waals surface area contributed by atoms with Crippen LogP contribution in [0, 0.1) is 6.92 Å². The standard InChI is InChI=1S/C17H23N3O2/c1-4-17(22,5-2)11-19-16(21)20-14-10-12(3)9-13-7-6-8-18-15(13)14/h6-10,22H,4-5,11H2,1-3H3,(H2,19,20,21). The van der Waals surface area contributed by atoms with Crippen LogP contribution in [0.15, 0.2) is 30.5 Å². The van der Waals surface area contributed by atoms with Gasteiger partial charge in [-0.15, -0.1) is 0 Å². The molecule has 22 heavy (non-hydrogen) atoms. The number of carbonyl (C=O) groups is 1. The third-order valence-electron chi connectivity index (χ3n) is 3.99. The van der Waals surface area contributed by atoms with Gasteiger partial charge in [0.25, 0.3) is 0 Å². The highest BCUT2D eigenvalue weighted by atomic mass is 16.3. The molecule has 0 unspecified atom stereocenters. The Morgan fingerprint density at radius 2 is 2.05 bits per heavy atom. The monoisotopic (exact) mass is 301 g/mol. The maximum absolute atomic E-state index is 12.1. The molecule has 0 fully saturated rings. The van der Waals surface area contributed by atoms with Gasteiger partial charge in [-0.1, -0.05) is 19.9 Å². The first-order valence-corrected chi connectivity index (χ1v) is 7.60. The van der Waals surface area contributed by atoms with Crippen LogP contribution in [0.1, 0.15) is 32.3 Å². The number of hydrogen-bond acceptors (Lipinski definition) is 3. The maximum atomic E-state index is 12.1. The number of benzene rings is 1. The van der Waals surface area contributed by atoms with Crippen molar-refractivity contribution in [2.45, 2.75) is 39.2 Å². The summed E-state index contributed by atoms with van der Waals surface area (Å²) in [6.45, 7) is 6.01. The number of anilines is 1. The van der Waals surface area contributed by atoms with Gasteiger partial charge in [-0.2, -0.15) is 0 Å². The van der Waals surface area contributed by atoms with Crippen molar-refractivity contribution in [3.05, 3.63) is 36.0 Å². The lowest BCUT2D eigenvalue weighted by molar-refractivity contribution is 0.0354. The second-order valence-corrected chi connectivity index (χ2v) is 5.63. The van der Waals surface area contributed by atoms with E-state index in [0.29, 0.717) is 18.5 Å². The molecule has 3 N–H and O–H groups in total. The Labute approximate surface area is 130 Å². The summed E-state index contributed by atoms with van der Waals surface area (Å²) in [7, 11) is 0. The third-order valence-corrected chi connectivity index (χ3v) is 3.99. The first-order valence-electron chi connectivity index (χ1n) is 7.60. The minimum atomic E-state index is -0.857. The number of pyridine rings is 1. The van der Waals surface area contributed by atoms with Gasteiger partial charge < -0.3 is 15.7 Å². The van der Waals surface area contributed by atoms with Gasteiger partial charge >= 0.3 is 6.03 Å². The normalized spacial score (nSPS) is 11.5. The fourth-order valence-electron chi connectivity index (χ4n) is 2.35. The van der Waals surface area contributed by atoms with Crippen LogP contribution in [0.3, 0.4) is 0 Å². The van der Waals surface area contributed by atoms with Crippen LogP contribution in [-0.2, 0) is 0 Å². The zero-order chi connectivity index (χ0) is 16.2. The van der Waals surface area contributed by atoms with E-state index in [1.54, 1.807) is 6.20 Å². The highest BCUT2D eigenvalue weighted by Gasteiger charge is 2.22. The van der Waals surface area contributed by atoms with E-state index in [4.69, 9.17) is 0 Å². The number of hydrogen-bond donors (Lipinski definition) is 3. The predicted octanol–water partition coefficient (Wildman–Crippen LogP) is 3.22. The molecule has 0 aliphatic carbocycles. The fraction of sp³-hybridized carbons (Fsp3) is 0.412. The van der Waals surface area contributed by atoms with Gasteiger partial charge in [0.15, 0.2) is 0 Å². The highest BCUT2D eigenvalue weighted by Crippen LogP contribution is 2.23. The molecule has 1 aromatic carbocycles. The van der Waals surface area contributed by atoms with Crippen LogP contribution in [0.4, 0.5) is 10.5 Å². The average Bonchev–Trinajstić information content (AvgIpc) is 2.52. The SMILES string of the molecule is CCC(O)(CC)CNC(=O)Nc1cc(C)cc2cccnc12. The summed E-state index contributed by atoms with van der Waals surface area (Å²) in [4.78, 5) is 16.4. The minimum Gasteiger partial charge on any atom is -0.388 e. The lowest BCUT2D eigenvalue weighted by atomic mass is 9.98. The molecular weight excluding hydrogens is 278 g/mol. The molecule has 0 radical (unpaired) electrons. The molecule has 1 aromatic heterocycles. The van der Waals surface area contributed by atoms with Crippen LogP contribution in [-0.4, -0.2) is 28.3 Å². The number of urea groups is 1. The summed E-state index contributed by atoms with van der Waals surface area (Å²) in [6, 6.07) is 7.41. The van der Waals surface area contributed by atoms with Crippen LogP contribution in [0.5, 0.6) is 0 Å². The van der Waals surface area contributed by atoms with Crippen molar-refractivity contribution < 1.29 is 9.90 Å². The van der Waals surface area contributed by atoms with Crippen molar-refractivity contribution in [2.24, 2.45) is 0 Å². The second kappa shape index (κ2) is 6.75. The quantitative estimate of drug-likeness (QED) is 0.794. The van der Waals surface area contributed by atoms with E-state index in [1.807, 2.05) is 45.0 Å². The molecule has 0 aliphatic rings. The zero-order valence-electron chi connectivity index (χ0n) is 13.3. The molecule has 118 valence electrons. The number of carbonyl (C=O) groups excluding carboxylic acids is 1. The number of nitrogens with one attached hydrogen (secondary N) is 2. The Balaban J connectivity index is 2.12. The van der Waals surface area contributed by atoms with Crippen LogP contribution < -0.4 is 10.6 Å². The number of aromatic nitrogens is 1. The summed E-state index contributed by atoms with van der Waals surface area (Å²) < 4.78 is 0. The number of aliphatic hydroxyl groups is 1. The van der Waals surface area contributed by atoms with Crippen molar-refractivity contribution in [1.82, 2.24) is 10.3 Å². The summed E-state index contributed by atoms with van der Waals surface area (Å²) >= 11 is 0. The van der Waals surface area contributed by atoms with E-state index in [1.165, 1.54) is 0 Å². The van der Waals surface area contributed by atoms with Crippen LogP contribution >= 0.6 is 0 Å². The smallest absolute Gasteiger partial charge is 0.319 e. The van der Waals surface area contributed by atoms with E-state index in [9.17, 15) is 9.90 Å². The lowest BCUT2D eigenvalue weighted by Crippen LogP contribution is -2.43. The van der Waals surface area contributed by atoms with Gasteiger partial charge in [-0.05, 0) is 43.5 Å². The summed E-state index contributed by atoms with van der Waals surface area (Å²) in [5.41, 5.74) is 1.62. The predicted molar refractivity (Wildman–Crippen MR) is 89.0 cm³/mol. The topological polar surface area (TPSA) is 74.2 Å². The second-order valence-electron chi connectivity index (χ2n) is 5.63. The zero-order valence-corrected chi connectivity index (χ0v) is 13.3. The first-order chi connectivity index (χ1) is 10.5.